The minimum atomic E-state index is -0.236. The number of benzene rings is 1. The van der Waals surface area contributed by atoms with E-state index < -0.39 is 0 Å². The van der Waals surface area contributed by atoms with Crippen molar-refractivity contribution in [2.45, 2.75) is 51.8 Å². The topological polar surface area (TPSA) is 30.5 Å². The molecular formula is C16H24FNO2. The smallest absolute Gasteiger partial charge is 0.124 e. The molecule has 1 unspecified atom stereocenters. The molecule has 1 heterocycles. The number of hydrogen-bond donors (Lipinski definition) is 1. The predicted octanol–water partition coefficient (Wildman–Crippen LogP) is 3.27. The van der Waals surface area contributed by atoms with Gasteiger partial charge >= 0.3 is 0 Å². The van der Waals surface area contributed by atoms with Crippen LogP contribution in [0.25, 0.3) is 0 Å². The average Bonchev–Trinajstić information content (AvgIpc) is 2.87. The van der Waals surface area contributed by atoms with Gasteiger partial charge in [0.15, 0.2) is 0 Å². The third-order valence-corrected chi connectivity index (χ3v) is 3.28. The third-order valence-electron chi connectivity index (χ3n) is 3.28. The first-order valence-corrected chi connectivity index (χ1v) is 7.22. The Kier molecular flexibility index (Phi) is 5.00. The molecule has 0 amide bonds. The molecule has 0 aromatic heterocycles. The number of rotatable bonds is 5. The van der Waals surface area contributed by atoms with Gasteiger partial charge in [0.05, 0.1) is 6.10 Å². The molecule has 20 heavy (non-hydrogen) atoms. The van der Waals surface area contributed by atoms with E-state index in [0.29, 0.717) is 13.2 Å². The fourth-order valence-corrected chi connectivity index (χ4v) is 2.15. The molecular weight excluding hydrogens is 257 g/mol. The highest BCUT2D eigenvalue weighted by atomic mass is 19.1. The van der Waals surface area contributed by atoms with Crippen LogP contribution >= 0.6 is 0 Å². The van der Waals surface area contributed by atoms with Crippen LogP contribution in [0.5, 0.6) is 5.75 Å². The Hall–Kier alpha value is -1.13. The van der Waals surface area contributed by atoms with E-state index in [-0.39, 0.29) is 17.5 Å². The Balaban J connectivity index is 1.99. The number of ether oxygens (including phenoxy) is 2. The zero-order chi connectivity index (χ0) is 14.6. The van der Waals surface area contributed by atoms with Crippen LogP contribution < -0.4 is 10.1 Å². The second-order valence-electron chi connectivity index (χ2n) is 6.30. The second kappa shape index (κ2) is 6.55. The van der Waals surface area contributed by atoms with Crippen LogP contribution in [-0.2, 0) is 11.3 Å². The Bertz CT molecular complexity index is 437. The normalized spacial score (nSPS) is 19.3. The first-order valence-electron chi connectivity index (χ1n) is 7.22. The van der Waals surface area contributed by atoms with Crippen molar-refractivity contribution in [3.63, 3.8) is 0 Å². The maximum absolute atomic E-state index is 13.4. The first kappa shape index (κ1) is 15.3. The molecule has 1 atom stereocenters. The number of nitrogens with one attached hydrogen (secondary N) is 1. The van der Waals surface area contributed by atoms with Gasteiger partial charge in [0.2, 0.25) is 0 Å². The lowest BCUT2D eigenvalue weighted by molar-refractivity contribution is 0.0675. The lowest BCUT2D eigenvalue weighted by atomic mass is 10.1. The molecule has 112 valence electrons. The van der Waals surface area contributed by atoms with Crippen LogP contribution in [0.15, 0.2) is 18.2 Å². The van der Waals surface area contributed by atoms with Crippen LogP contribution in [-0.4, -0.2) is 24.9 Å². The maximum Gasteiger partial charge on any atom is 0.124 e. The van der Waals surface area contributed by atoms with Crippen molar-refractivity contribution in [3.8, 4) is 5.75 Å². The minimum absolute atomic E-state index is 0.0157. The highest BCUT2D eigenvalue weighted by Crippen LogP contribution is 2.22. The summed E-state index contributed by atoms with van der Waals surface area (Å²) in [4.78, 5) is 0. The van der Waals surface area contributed by atoms with E-state index in [2.05, 4.69) is 26.1 Å². The van der Waals surface area contributed by atoms with Gasteiger partial charge in [-0.2, -0.15) is 0 Å². The number of halogens is 1. The summed E-state index contributed by atoms with van der Waals surface area (Å²) in [6.07, 6.45) is 2.30. The van der Waals surface area contributed by atoms with Crippen molar-refractivity contribution < 1.29 is 13.9 Å². The van der Waals surface area contributed by atoms with Gasteiger partial charge in [-0.05, 0) is 51.8 Å². The van der Waals surface area contributed by atoms with Gasteiger partial charge in [0.1, 0.15) is 18.2 Å². The van der Waals surface area contributed by atoms with Crippen molar-refractivity contribution in [1.29, 1.82) is 0 Å². The molecule has 1 fully saturated rings. The molecule has 0 bridgehead atoms. The molecule has 1 N–H and O–H groups in total. The quantitative estimate of drug-likeness (QED) is 0.898. The van der Waals surface area contributed by atoms with Gasteiger partial charge < -0.3 is 14.8 Å². The summed E-state index contributed by atoms with van der Waals surface area (Å²) < 4.78 is 24.7. The van der Waals surface area contributed by atoms with Crippen molar-refractivity contribution in [2.75, 3.05) is 13.2 Å². The Labute approximate surface area is 120 Å². The zero-order valence-corrected chi connectivity index (χ0v) is 12.5. The van der Waals surface area contributed by atoms with Crippen LogP contribution in [0.2, 0.25) is 0 Å². The van der Waals surface area contributed by atoms with Crippen LogP contribution in [0.3, 0.4) is 0 Å². The summed E-state index contributed by atoms with van der Waals surface area (Å²) in [5, 5.41) is 3.36. The van der Waals surface area contributed by atoms with E-state index in [1.54, 1.807) is 6.07 Å². The van der Waals surface area contributed by atoms with E-state index >= 15 is 0 Å². The van der Waals surface area contributed by atoms with Gasteiger partial charge in [-0.25, -0.2) is 4.39 Å². The molecule has 0 spiro atoms. The molecule has 0 aliphatic carbocycles. The minimum Gasteiger partial charge on any atom is -0.491 e. The monoisotopic (exact) mass is 281 g/mol. The summed E-state index contributed by atoms with van der Waals surface area (Å²) in [5.74, 6) is 0.499. The van der Waals surface area contributed by atoms with E-state index in [0.717, 1.165) is 30.8 Å². The molecule has 2 rings (SSSR count). The maximum atomic E-state index is 13.4. The summed E-state index contributed by atoms with van der Waals surface area (Å²) in [7, 11) is 0. The summed E-state index contributed by atoms with van der Waals surface area (Å²) in [6, 6.07) is 4.67. The largest absolute Gasteiger partial charge is 0.491 e. The van der Waals surface area contributed by atoms with Gasteiger partial charge in [-0.3, -0.25) is 0 Å². The van der Waals surface area contributed by atoms with Crippen molar-refractivity contribution in [1.82, 2.24) is 5.32 Å². The van der Waals surface area contributed by atoms with E-state index in [1.807, 2.05) is 0 Å². The van der Waals surface area contributed by atoms with Crippen molar-refractivity contribution in [3.05, 3.63) is 29.6 Å². The third kappa shape index (κ3) is 4.76. The van der Waals surface area contributed by atoms with Crippen molar-refractivity contribution in [2.24, 2.45) is 0 Å². The number of hydrogen-bond acceptors (Lipinski definition) is 3. The molecule has 4 heteroatoms. The van der Waals surface area contributed by atoms with Gasteiger partial charge in [0, 0.05) is 24.3 Å². The zero-order valence-electron chi connectivity index (χ0n) is 12.5. The average molecular weight is 281 g/mol. The molecule has 0 saturated carbocycles. The van der Waals surface area contributed by atoms with Gasteiger partial charge in [-0.15, -0.1) is 0 Å². The predicted molar refractivity (Wildman–Crippen MR) is 77.5 cm³/mol. The summed E-state index contributed by atoms with van der Waals surface area (Å²) >= 11 is 0. The highest BCUT2D eigenvalue weighted by Gasteiger charge is 2.17. The first-order chi connectivity index (χ1) is 9.44. The SMILES string of the molecule is CC(C)(C)NCc1cc(F)ccc1OCC1CCCO1. The Morgan fingerprint density at radius 3 is 2.85 bits per heavy atom. The van der Waals surface area contributed by atoms with E-state index in [4.69, 9.17) is 9.47 Å². The van der Waals surface area contributed by atoms with Crippen molar-refractivity contribution >= 4 is 0 Å². The van der Waals surface area contributed by atoms with Crippen LogP contribution in [0.4, 0.5) is 4.39 Å². The molecule has 1 saturated heterocycles. The van der Waals surface area contributed by atoms with Gasteiger partial charge in [-0.1, -0.05) is 0 Å². The summed E-state index contributed by atoms with van der Waals surface area (Å²) in [6.45, 7) is 8.18. The van der Waals surface area contributed by atoms with Gasteiger partial charge in [0.25, 0.3) is 0 Å². The molecule has 0 radical (unpaired) electrons. The standard InChI is InChI=1S/C16H24FNO2/c1-16(2,3)18-10-12-9-13(17)6-7-15(12)20-11-14-5-4-8-19-14/h6-7,9,14,18H,4-5,8,10-11H2,1-3H3. The Morgan fingerprint density at radius 1 is 1.40 bits per heavy atom. The fraction of sp³-hybridized carbons (Fsp3) is 0.625. The lowest BCUT2D eigenvalue weighted by Gasteiger charge is -2.22. The van der Waals surface area contributed by atoms with E-state index in [1.165, 1.54) is 12.1 Å². The lowest BCUT2D eigenvalue weighted by Crippen LogP contribution is -2.35. The Morgan fingerprint density at radius 2 is 2.20 bits per heavy atom. The molecule has 1 aromatic rings. The molecule has 1 aromatic carbocycles. The molecule has 1 aliphatic rings. The fourth-order valence-electron chi connectivity index (χ4n) is 2.15. The highest BCUT2D eigenvalue weighted by molar-refractivity contribution is 5.34. The second-order valence-corrected chi connectivity index (χ2v) is 6.30. The van der Waals surface area contributed by atoms with Crippen LogP contribution in [0.1, 0.15) is 39.2 Å². The molecule has 1 aliphatic heterocycles. The summed E-state index contributed by atoms with van der Waals surface area (Å²) in [5.41, 5.74) is 0.830. The molecule has 3 nitrogen and oxygen atoms in total. The van der Waals surface area contributed by atoms with E-state index in [9.17, 15) is 4.39 Å². The van der Waals surface area contributed by atoms with Crippen LogP contribution in [0, 0.1) is 5.82 Å².